The molecule has 0 atom stereocenters. The van der Waals surface area contributed by atoms with Crippen molar-refractivity contribution in [2.75, 3.05) is 5.43 Å². The van der Waals surface area contributed by atoms with Crippen LogP contribution in [0.1, 0.15) is 26.3 Å². The van der Waals surface area contributed by atoms with E-state index in [0.29, 0.717) is 0 Å². The molecular formula is C15H8N4O4. The number of hydrogen-bond acceptors (Lipinski definition) is 6. The second kappa shape index (κ2) is 5.23. The van der Waals surface area contributed by atoms with Crippen molar-refractivity contribution < 1.29 is 14.5 Å². The Hall–Kier alpha value is -3.73. The molecule has 1 heterocycles. The number of carbonyl (C=O) groups is 2. The molecule has 1 aliphatic heterocycles. The molecule has 2 amide bonds. The van der Waals surface area contributed by atoms with E-state index in [9.17, 15) is 19.7 Å². The Morgan fingerprint density at radius 1 is 1.09 bits per heavy atom. The molecule has 2 aromatic carbocycles. The lowest BCUT2D eigenvalue weighted by Crippen LogP contribution is -2.35. The lowest BCUT2D eigenvalue weighted by molar-refractivity contribution is -0.384. The van der Waals surface area contributed by atoms with E-state index in [4.69, 9.17) is 5.26 Å². The van der Waals surface area contributed by atoms with Crippen LogP contribution in [0.3, 0.4) is 0 Å². The second-order valence-electron chi connectivity index (χ2n) is 4.70. The Bertz CT molecular complexity index is 866. The van der Waals surface area contributed by atoms with E-state index in [1.807, 2.05) is 0 Å². The third-order valence-electron chi connectivity index (χ3n) is 3.35. The van der Waals surface area contributed by atoms with Gasteiger partial charge in [0, 0.05) is 6.07 Å². The summed E-state index contributed by atoms with van der Waals surface area (Å²) in [5.41, 5.74) is 2.57. The van der Waals surface area contributed by atoms with Gasteiger partial charge in [0.1, 0.15) is 5.69 Å². The highest BCUT2D eigenvalue weighted by Gasteiger charge is 2.36. The highest BCUT2D eigenvalue weighted by Crippen LogP contribution is 2.29. The van der Waals surface area contributed by atoms with Gasteiger partial charge >= 0.3 is 0 Å². The number of rotatable bonds is 3. The van der Waals surface area contributed by atoms with Crippen LogP contribution in [-0.4, -0.2) is 21.7 Å². The van der Waals surface area contributed by atoms with Gasteiger partial charge in [-0.05, 0) is 24.3 Å². The van der Waals surface area contributed by atoms with E-state index < -0.39 is 22.4 Å². The van der Waals surface area contributed by atoms with Crippen LogP contribution in [0.2, 0.25) is 0 Å². The minimum absolute atomic E-state index is 0.0523. The van der Waals surface area contributed by atoms with Gasteiger partial charge in [0.05, 0.1) is 27.7 Å². The Morgan fingerprint density at radius 3 is 2.22 bits per heavy atom. The minimum Gasteiger partial charge on any atom is -0.282 e. The first kappa shape index (κ1) is 14.2. The Kier molecular flexibility index (Phi) is 3.23. The van der Waals surface area contributed by atoms with Crippen LogP contribution in [0.25, 0.3) is 0 Å². The van der Waals surface area contributed by atoms with Gasteiger partial charge in [0.2, 0.25) is 0 Å². The van der Waals surface area contributed by atoms with Crippen molar-refractivity contribution in [2.45, 2.75) is 0 Å². The maximum Gasteiger partial charge on any atom is 0.295 e. The Morgan fingerprint density at radius 2 is 1.70 bits per heavy atom. The molecular weight excluding hydrogens is 300 g/mol. The topological polar surface area (TPSA) is 116 Å². The Labute approximate surface area is 129 Å². The maximum absolute atomic E-state index is 12.2. The third-order valence-corrected chi connectivity index (χ3v) is 3.35. The van der Waals surface area contributed by atoms with Crippen LogP contribution in [0.5, 0.6) is 0 Å². The number of nitrogens with one attached hydrogen (secondary N) is 1. The van der Waals surface area contributed by atoms with Crippen molar-refractivity contribution in [1.29, 1.82) is 5.26 Å². The van der Waals surface area contributed by atoms with Crippen molar-refractivity contribution in [3.63, 3.8) is 0 Å². The standard InChI is InChI=1S/C15H8N4O4/c16-8-9-5-6-12(13(7-9)19(22)23)17-18-14(20)10-3-1-2-4-11(10)15(18)21/h1-7,17H. The fraction of sp³-hybridized carbons (Fsp3) is 0. The van der Waals surface area contributed by atoms with Gasteiger partial charge in [0.15, 0.2) is 0 Å². The molecule has 1 aliphatic rings. The third kappa shape index (κ3) is 2.26. The number of nitriles is 1. The molecule has 0 fully saturated rings. The molecule has 8 heteroatoms. The molecule has 0 saturated carbocycles. The molecule has 0 spiro atoms. The number of imide groups is 1. The van der Waals surface area contributed by atoms with E-state index in [1.165, 1.54) is 24.3 Å². The number of hydrazine groups is 1. The molecule has 23 heavy (non-hydrogen) atoms. The number of nitro benzene ring substituents is 1. The average Bonchev–Trinajstić information content (AvgIpc) is 2.80. The summed E-state index contributed by atoms with van der Waals surface area (Å²) in [7, 11) is 0. The van der Waals surface area contributed by atoms with Crippen molar-refractivity contribution in [3.05, 3.63) is 69.3 Å². The maximum atomic E-state index is 12.2. The van der Waals surface area contributed by atoms with Crippen molar-refractivity contribution >= 4 is 23.2 Å². The normalized spacial score (nSPS) is 12.7. The summed E-state index contributed by atoms with van der Waals surface area (Å²) in [6, 6.07) is 11.8. The molecule has 0 unspecified atom stereocenters. The zero-order valence-corrected chi connectivity index (χ0v) is 11.5. The number of amides is 2. The predicted molar refractivity (Wildman–Crippen MR) is 78.4 cm³/mol. The summed E-state index contributed by atoms with van der Waals surface area (Å²) in [5.74, 6) is -1.19. The number of benzene rings is 2. The van der Waals surface area contributed by atoms with Crippen molar-refractivity contribution in [1.82, 2.24) is 5.01 Å². The predicted octanol–water partition coefficient (Wildman–Crippen LogP) is 2.09. The zero-order chi connectivity index (χ0) is 16.6. The van der Waals surface area contributed by atoms with Crippen LogP contribution in [0.15, 0.2) is 42.5 Å². The molecule has 2 aromatic rings. The zero-order valence-electron chi connectivity index (χ0n) is 11.5. The van der Waals surface area contributed by atoms with Crippen molar-refractivity contribution in [3.8, 4) is 6.07 Å². The van der Waals surface area contributed by atoms with Gasteiger partial charge in [-0.25, -0.2) is 0 Å². The van der Waals surface area contributed by atoms with Gasteiger partial charge in [0.25, 0.3) is 17.5 Å². The SMILES string of the molecule is N#Cc1ccc(NN2C(=O)c3ccccc3C2=O)c([N+](=O)[O-])c1. The summed E-state index contributed by atoms with van der Waals surface area (Å²) in [4.78, 5) is 34.9. The van der Waals surface area contributed by atoms with E-state index in [-0.39, 0.29) is 22.4 Å². The van der Waals surface area contributed by atoms with Crippen molar-refractivity contribution in [2.24, 2.45) is 0 Å². The molecule has 0 aliphatic carbocycles. The van der Waals surface area contributed by atoms with Gasteiger partial charge in [-0.2, -0.15) is 10.3 Å². The molecule has 0 aromatic heterocycles. The smallest absolute Gasteiger partial charge is 0.282 e. The van der Waals surface area contributed by atoms with Crippen LogP contribution < -0.4 is 5.43 Å². The number of nitrogens with zero attached hydrogens (tertiary/aromatic N) is 3. The largest absolute Gasteiger partial charge is 0.295 e. The summed E-state index contributed by atoms with van der Waals surface area (Å²) in [6.45, 7) is 0. The number of anilines is 1. The number of nitro groups is 1. The molecule has 0 bridgehead atoms. The molecule has 0 radical (unpaired) electrons. The number of carbonyl (C=O) groups excluding carboxylic acids is 2. The van der Waals surface area contributed by atoms with Gasteiger partial charge < -0.3 is 0 Å². The molecule has 8 nitrogen and oxygen atoms in total. The van der Waals surface area contributed by atoms with E-state index in [1.54, 1.807) is 18.2 Å². The first-order valence-electron chi connectivity index (χ1n) is 6.46. The van der Waals surface area contributed by atoms with Gasteiger partial charge in [-0.15, -0.1) is 0 Å². The average molecular weight is 308 g/mol. The number of hydrogen-bond donors (Lipinski definition) is 1. The molecule has 0 saturated heterocycles. The second-order valence-corrected chi connectivity index (χ2v) is 4.70. The van der Waals surface area contributed by atoms with E-state index >= 15 is 0 Å². The van der Waals surface area contributed by atoms with Crippen LogP contribution in [0.4, 0.5) is 11.4 Å². The minimum atomic E-state index is -0.693. The first-order chi connectivity index (χ1) is 11.0. The Balaban J connectivity index is 1.98. The fourth-order valence-corrected chi connectivity index (χ4v) is 2.26. The van der Waals surface area contributed by atoms with Crippen LogP contribution in [-0.2, 0) is 0 Å². The molecule has 112 valence electrons. The summed E-state index contributed by atoms with van der Waals surface area (Å²) < 4.78 is 0. The van der Waals surface area contributed by atoms with Crippen LogP contribution >= 0.6 is 0 Å². The molecule has 3 rings (SSSR count). The van der Waals surface area contributed by atoms with E-state index in [0.717, 1.165) is 11.1 Å². The lowest BCUT2D eigenvalue weighted by Gasteiger charge is -2.16. The van der Waals surface area contributed by atoms with Crippen LogP contribution in [0, 0.1) is 21.4 Å². The lowest BCUT2D eigenvalue weighted by atomic mass is 10.1. The highest BCUT2D eigenvalue weighted by atomic mass is 16.6. The summed E-state index contributed by atoms with van der Waals surface area (Å²) >= 11 is 0. The number of fused-ring (bicyclic) bond motifs is 1. The monoisotopic (exact) mass is 308 g/mol. The van der Waals surface area contributed by atoms with Gasteiger partial charge in [-0.1, -0.05) is 12.1 Å². The quantitative estimate of drug-likeness (QED) is 0.527. The first-order valence-corrected chi connectivity index (χ1v) is 6.46. The molecule has 1 N–H and O–H groups in total. The fourth-order valence-electron chi connectivity index (χ4n) is 2.26. The highest BCUT2D eigenvalue weighted by molar-refractivity contribution is 6.22. The van der Waals surface area contributed by atoms with E-state index in [2.05, 4.69) is 5.43 Å². The summed E-state index contributed by atoms with van der Waals surface area (Å²) in [5, 5.41) is 20.6. The summed E-state index contributed by atoms with van der Waals surface area (Å²) in [6.07, 6.45) is 0. The van der Waals surface area contributed by atoms with Gasteiger partial charge in [-0.3, -0.25) is 25.1 Å².